The van der Waals surface area contributed by atoms with E-state index < -0.39 is 0 Å². The molecule has 2 saturated heterocycles. The number of nitrogens with zero attached hydrogens (tertiary/aromatic N) is 1. The molecular weight excluding hydrogens is 232 g/mol. The molecule has 3 fully saturated rings. The molecule has 2 heterocycles. The zero-order valence-corrected chi connectivity index (χ0v) is 10.6. The predicted molar refractivity (Wildman–Crippen MR) is 64.9 cm³/mol. The van der Waals surface area contributed by atoms with E-state index in [1.54, 1.807) is 0 Å². The molecule has 3 aliphatic rings. The maximum atomic E-state index is 12.0. The lowest BCUT2D eigenvalue weighted by atomic mass is 10.1. The summed E-state index contributed by atoms with van der Waals surface area (Å²) in [7, 11) is 0. The van der Waals surface area contributed by atoms with E-state index in [0.717, 1.165) is 45.3 Å². The maximum absolute atomic E-state index is 12.0. The minimum Gasteiger partial charge on any atom is -0.378 e. The maximum Gasteiger partial charge on any atom is 0.247 e. The van der Waals surface area contributed by atoms with Gasteiger partial charge < -0.3 is 10.1 Å². The smallest absolute Gasteiger partial charge is 0.247 e. The molecule has 0 aromatic carbocycles. The Bertz CT molecular complexity index is 348. The summed E-state index contributed by atoms with van der Waals surface area (Å²) in [5.41, 5.74) is 0. The Morgan fingerprint density at radius 2 is 2.11 bits per heavy atom. The second-order valence-electron chi connectivity index (χ2n) is 5.47. The Kier molecular flexibility index (Phi) is 3.35. The van der Waals surface area contributed by atoms with Crippen molar-refractivity contribution < 1.29 is 14.3 Å². The molecule has 0 aromatic rings. The van der Waals surface area contributed by atoms with Gasteiger partial charge in [0.2, 0.25) is 11.8 Å². The molecule has 0 spiro atoms. The molecule has 0 aromatic heterocycles. The lowest BCUT2D eigenvalue weighted by Crippen LogP contribution is -2.40. The second kappa shape index (κ2) is 4.97. The Hall–Kier alpha value is -0.940. The number of rotatable bonds is 5. The van der Waals surface area contributed by atoms with Crippen LogP contribution in [-0.2, 0) is 14.3 Å². The minimum absolute atomic E-state index is 0.00267. The van der Waals surface area contributed by atoms with Gasteiger partial charge >= 0.3 is 0 Å². The molecule has 1 N–H and O–H groups in total. The molecule has 100 valence electrons. The quantitative estimate of drug-likeness (QED) is 0.721. The molecule has 18 heavy (non-hydrogen) atoms. The highest BCUT2D eigenvalue weighted by molar-refractivity contribution is 6.06. The number of hydrogen-bond acceptors (Lipinski definition) is 4. The summed E-state index contributed by atoms with van der Waals surface area (Å²) in [6, 6.07) is -0.0885. The monoisotopic (exact) mass is 252 g/mol. The molecule has 1 aliphatic carbocycles. The Labute approximate surface area is 107 Å². The number of likely N-dealkylation sites (tertiary alicyclic amines) is 1. The van der Waals surface area contributed by atoms with E-state index in [-0.39, 0.29) is 23.9 Å². The molecular formula is C13H20N2O3. The van der Waals surface area contributed by atoms with E-state index in [4.69, 9.17) is 4.74 Å². The number of ether oxygens (including phenoxy) is 1. The first-order chi connectivity index (χ1) is 8.75. The SMILES string of the molecule is O=C1CC(NCCC2CCCO2)C(=O)N1C1CC1. The lowest BCUT2D eigenvalue weighted by Gasteiger charge is -2.15. The van der Waals surface area contributed by atoms with Gasteiger partial charge in [-0.25, -0.2) is 0 Å². The number of hydrogen-bond donors (Lipinski definition) is 1. The summed E-state index contributed by atoms with van der Waals surface area (Å²) >= 11 is 0. The first-order valence-electron chi connectivity index (χ1n) is 6.96. The normalized spacial score (nSPS) is 32.6. The summed E-state index contributed by atoms with van der Waals surface area (Å²) in [6.45, 7) is 1.62. The van der Waals surface area contributed by atoms with Crippen LogP contribution in [0.3, 0.4) is 0 Å². The van der Waals surface area contributed by atoms with Gasteiger partial charge in [-0.15, -0.1) is 0 Å². The van der Waals surface area contributed by atoms with Crippen molar-refractivity contribution in [3.63, 3.8) is 0 Å². The van der Waals surface area contributed by atoms with Crippen molar-refractivity contribution in [1.29, 1.82) is 0 Å². The number of carbonyl (C=O) groups is 2. The van der Waals surface area contributed by atoms with Gasteiger partial charge in [0, 0.05) is 12.6 Å². The molecule has 2 atom stereocenters. The molecule has 1 saturated carbocycles. The van der Waals surface area contributed by atoms with Gasteiger partial charge in [0.1, 0.15) is 0 Å². The van der Waals surface area contributed by atoms with E-state index in [9.17, 15) is 9.59 Å². The molecule has 2 unspecified atom stereocenters. The highest BCUT2D eigenvalue weighted by Gasteiger charge is 2.45. The molecule has 3 rings (SSSR count). The highest BCUT2D eigenvalue weighted by Crippen LogP contribution is 2.31. The second-order valence-corrected chi connectivity index (χ2v) is 5.47. The molecule has 2 amide bonds. The number of carbonyl (C=O) groups excluding carboxylic acids is 2. The van der Waals surface area contributed by atoms with Gasteiger partial charge in [-0.3, -0.25) is 14.5 Å². The fourth-order valence-electron chi connectivity index (χ4n) is 2.82. The van der Waals surface area contributed by atoms with E-state index in [2.05, 4.69) is 5.32 Å². The van der Waals surface area contributed by atoms with Crippen molar-refractivity contribution in [3.8, 4) is 0 Å². The summed E-state index contributed by atoms with van der Waals surface area (Å²) in [4.78, 5) is 25.2. The van der Waals surface area contributed by atoms with Crippen LogP contribution in [0.2, 0.25) is 0 Å². The lowest BCUT2D eigenvalue weighted by molar-refractivity contribution is -0.139. The number of imide groups is 1. The largest absolute Gasteiger partial charge is 0.378 e. The zero-order chi connectivity index (χ0) is 12.5. The first kappa shape index (κ1) is 12.1. The predicted octanol–water partition coefficient (Wildman–Crippen LogP) is 0.435. The molecule has 5 heteroatoms. The third-order valence-electron chi connectivity index (χ3n) is 3.98. The van der Waals surface area contributed by atoms with Gasteiger partial charge in [0.25, 0.3) is 0 Å². The Morgan fingerprint density at radius 3 is 2.78 bits per heavy atom. The molecule has 2 aliphatic heterocycles. The van der Waals surface area contributed by atoms with Crippen LogP contribution in [0.5, 0.6) is 0 Å². The average Bonchev–Trinajstić information content (AvgIpc) is 2.95. The van der Waals surface area contributed by atoms with Crippen LogP contribution in [0.25, 0.3) is 0 Å². The standard InChI is InChI=1S/C13H20N2O3/c16-12-8-11(13(17)15(12)9-3-4-9)14-6-5-10-2-1-7-18-10/h9-11,14H,1-8H2. The summed E-state index contributed by atoms with van der Waals surface area (Å²) < 4.78 is 5.53. The van der Waals surface area contributed by atoms with Crippen LogP contribution in [0.15, 0.2) is 0 Å². The third kappa shape index (κ3) is 2.42. The molecule has 5 nitrogen and oxygen atoms in total. The van der Waals surface area contributed by atoms with Crippen molar-refractivity contribution >= 4 is 11.8 Å². The topological polar surface area (TPSA) is 58.6 Å². The van der Waals surface area contributed by atoms with Gasteiger partial charge in [-0.1, -0.05) is 0 Å². The van der Waals surface area contributed by atoms with Crippen molar-refractivity contribution in [1.82, 2.24) is 10.2 Å². The van der Waals surface area contributed by atoms with Crippen LogP contribution in [0, 0.1) is 0 Å². The fraction of sp³-hybridized carbons (Fsp3) is 0.846. The van der Waals surface area contributed by atoms with Crippen LogP contribution in [0.4, 0.5) is 0 Å². The highest BCUT2D eigenvalue weighted by atomic mass is 16.5. The third-order valence-corrected chi connectivity index (χ3v) is 3.98. The molecule has 0 bridgehead atoms. The van der Waals surface area contributed by atoms with E-state index in [0.29, 0.717) is 12.5 Å². The van der Waals surface area contributed by atoms with E-state index in [1.165, 1.54) is 4.90 Å². The van der Waals surface area contributed by atoms with Crippen molar-refractivity contribution in [2.45, 2.75) is 56.7 Å². The summed E-state index contributed by atoms with van der Waals surface area (Å²) in [5.74, 6) is -0.0213. The van der Waals surface area contributed by atoms with Crippen molar-refractivity contribution in [3.05, 3.63) is 0 Å². The van der Waals surface area contributed by atoms with Crippen LogP contribution >= 0.6 is 0 Å². The first-order valence-corrected chi connectivity index (χ1v) is 6.96. The van der Waals surface area contributed by atoms with Gasteiger partial charge in [0.05, 0.1) is 18.6 Å². The number of amides is 2. The van der Waals surface area contributed by atoms with Crippen LogP contribution in [0.1, 0.15) is 38.5 Å². The van der Waals surface area contributed by atoms with Crippen LogP contribution < -0.4 is 5.32 Å². The van der Waals surface area contributed by atoms with Crippen molar-refractivity contribution in [2.75, 3.05) is 13.2 Å². The van der Waals surface area contributed by atoms with Crippen LogP contribution in [-0.4, -0.2) is 48.1 Å². The Balaban J connectivity index is 1.45. The van der Waals surface area contributed by atoms with Gasteiger partial charge in [-0.2, -0.15) is 0 Å². The minimum atomic E-state index is -0.292. The van der Waals surface area contributed by atoms with E-state index in [1.807, 2.05) is 0 Å². The van der Waals surface area contributed by atoms with E-state index >= 15 is 0 Å². The number of nitrogens with one attached hydrogen (secondary N) is 1. The van der Waals surface area contributed by atoms with Gasteiger partial charge in [-0.05, 0) is 38.6 Å². The zero-order valence-electron chi connectivity index (χ0n) is 10.6. The molecule has 0 radical (unpaired) electrons. The van der Waals surface area contributed by atoms with Crippen molar-refractivity contribution in [2.24, 2.45) is 0 Å². The fourth-order valence-corrected chi connectivity index (χ4v) is 2.82. The summed E-state index contributed by atoms with van der Waals surface area (Å²) in [5, 5.41) is 3.21. The van der Waals surface area contributed by atoms with Gasteiger partial charge in [0.15, 0.2) is 0 Å². The summed E-state index contributed by atoms with van der Waals surface area (Å²) in [6.07, 6.45) is 5.83. The average molecular weight is 252 g/mol. The Morgan fingerprint density at radius 1 is 1.28 bits per heavy atom.